The van der Waals surface area contributed by atoms with Gasteiger partial charge in [0, 0.05) is 13.2 Å². The molecule has 0 saturated heterocycles. The highest BCUT2D eigenvalue weighted by atomic mass is 16.5. The van der Waals surface area contributed by atoms with Crippen LogP contribution in [0.1, 0.15) is 38.3 Å². The zero-order valence-electron chi connectivity index (χ0n) is 12.5. The van der Waals surface area contributed by atoms with E-state index in [-0.39, 0.29) is 11.6 Å². The molecule has 1 unspecified atom stereocenters. The van der Waals surface area contributed by atoms with E-state index in [9.17, 15) is 0 Å². The van der Waals surface area contributed by atoms with Crippen LogP contribution in [-0.2, 0) is 4.74 Å². The summed E-state index contributed by atoms with van der Waals surface area (Å²) in [5, 5.41) is 0. The van der Waals surface area contributed by atoms with Gasteiger partial charge in [-0.3, -0.25) is 0 Å². The van der Waals surface area contributed by atoms with E-state index >= 15 is 0 Å². The van der Waals surface area contributed by atoms with Crippen LogP contribution in [0.15, 0.2) is 18.2 Å². The first-order chi connectivity index (χ1) is 8.95. The lowest BCUT2D eigenvalue weighted by atomic mass is 9.94. The molecule has 0 amide bonds. The third-order valence-corrected chi connectivity index (χ3v) is 3.45. The SMILES string of the molecule is COc1cccc(OC)c1C(N)CCC(C)(C)OC. The predicted molar refractivity (Wildman–Crippen MR) is 76.8 cm³/mol. The smallest absolute Gasteiger partial charge is 0.127 e. The van der Waals surface area contributed by atoms with Gasteiger partial charge in [-0.25, -0.2) is 0 Å². The molecule has 0 bridgehead atoms. The van der Waals surface area contributed by atoms with Gasteiger partial charge in [0.25, 0.3) is 0 Å². The van der Waals surface area contributed by atoms with Crippen LogP contribution in [-0.4, -0.2) is 26.9 Å². The second-order valence-corrected chi connectivity index (χ2v) is 5.19. The van der Waals surface area contributed by atoms with Crippen molar-refractivity contribution in [1.29, 1.82) is 0 Å². The average Bonchev–Trinajstić information content (AvgIpc) is 2.43. The minimum Gasteiger partial charge on any atom is -0.496 e. The van der Waals surface area contributed by atoms with Crippen molar-refractivity contribution < 1.29 is 14.2 Å². The van der Waals surface area contributed by atoms with E-state index in [0.29, 0.717) is 0 Å². The molecule has 0 aliphatic rings. The summed E-state index contributed by atoms with van der Waals surface area (Å²) in [5.41, 5.74) is 7.04. The molecule has 0 fully saturated rings. The van der Waals surface area contributed by atoms with Gasteiger partial charge < -0.3 is 19.9 Å². The summed E-state index contributed by atoms with van der Waals surface area (Å²) in [7, 11) is 5.00. The second kappa shape index (κ2) is 6.78. The van der Waals surface area contributed by atoms with Crippen LogP contribution in [0.25, 0.3) is 0 Å². The normalized spacial score (nSPS) is 13.2. The van der Waals surface area contributed by atoms with E-state index in [0.717, 1.165) is 29.9 Å². The van der Waals surface area contributed by atoms with Crippen molar-refractivity contribution in [2.45, 2.75) is 38.3 Å². The molecule has 0 radical (unpaired) electrons. The summed E-state index contributed by atoms with van der Waals surface area (Å²) in [6, 6.07) is 5.56. The minimum absolute atomic E-state index is 0.138. The fraction of sp³-hybridized carbons (Fsp3) is 0.600. The van der Waals surface area contributed by atoms with Crippen molar-refractivity contribution in [3.63, 3.8) is 0 Å². The molecule has 0 aliphatic carbocycles. The van der Waals surface area contributed by atoms with Gasteiger partial charge in [-0.2, -0.15) is 0 Å². The lowest BCUT2D eigenvalue weighted by Gasteiger charge is -2.25. The van der Waals surface area contributed by atoms with Crippen molar-refractivity contribution in [2.75, 3.05) is 21.3 Å². The number of ether oxygens (including phenoxy) is 3. The van der Waals surface area contributed by atoms with Crippen LogP contribution in [0.4, 0.5) is 0 Å². The van der Waals surface area contributed by atoms with Gasteiger partial charge >= 0.3 is 0 Å². The maximum atomic E-state index is 6.29. The highest BCUT2D eigenvalue weighted by molar-refractivity contribution is 5.46. The summed E-state index contributed by atoms with van der Waals surface area (Å²) in [6.45, 7) is 4.11. The number of hydrogen-bond donors (Lipinski definition) is 1. The van der Waals surface area contributed by atoms with Crippen LogP contribution in [0.2, 0.25) is 0 Å². The van der Waals surface area contributed by atoms with Gasteiger partial charge in [-0.15, -0.1) is 0 Å². The highest BCUT2D eigenvalue weighted by Gasteiger charge is 2.22. The molecule has 19 heavy (non-hydrogen) atoms. The Labute approximate surface area is 115 Å². The number of benzene rings is 1. The molecule has 1 rings (SSSR count). The van der Waals surface area contributed by atoms with E-state index in [1.807, 2.05) is 18.2 Å². The molecule has 4 nitrogen and oxygen atoms in total. The third-order valence-electron chi connectivity index (χ3n) is 3.45. The summed E-state index contributed by atoms with van der Waals surface area (Å²) >= 11 is 0. The van der Waals surface area contributed by atoms with Gasteiger partial charge in [-0.1, -0.05) is 6.07 Å². The summed E-state index contributed by atoms with van der Waals surface area (Å²) in [4.78, 5) is 0. The van der Waals surface area contributed by atoms with Crippen LogP contribution in [0.5, 0.6) is 11.5 Å². The second-order valence-electron chi connectivity index (χ2n) is 5.19. The van der Waals surface area contributed by atoms with Crippen molar-refractivity contribution >= 4 is 0 Å². The highest BCUT2D eigenvalue weighted by Crippen LogP contribution is 2.35. The maximum Gasteiger partial charge on any atom is 0.127 e. The lowest BCUT2D eigenvalue weighted by Crippen LogP contribution is -2.25. The number of methoxy groups -OCH3 is 3. The summed E-state index contributed by atoms with van der Waals surface area (Å²) < 4.78 is 16.2. The topological polar surface area (TPSA) is 53.7 Å². The summed E-state index contributed by atoms with van der Waals surface area (Å²) in [6.07, 6.45) is 1.67. The Bertz CT molecular complexity index is 382. The van der Waals surface area contributed by atoms with E-state index < -0.39 is 0 Å². The van der Waals surface area contributed by atoms with Crippen molar-refractivity contribution in [1.82, 2.24) is 0 Å². The molecule has 0 spiro atoms. The number of nitrogens with two attached hydrogens (primary N) is 1. The third kappa shape index (κ3) is 4.11. The van der Waals surface area contributed by atoms with Crippen molar-refractivity contribution in [3.05, 3.63) is 23.8 Å². The minimum atomic E-state index is -0.174. The molecule has 2 N–H and O–H groups in total. The molecule has 108 valence electrons. The standard InChI is InChI=1S/C15H25NO3/c1-15(2,19-5)10-9-11(16)14-12(17-3)7-6-8-13(14)18-4/h6-8,11H,9-10,16H2,1-5H3. The van der Waals surface area contributed by atoms with Crippen molar-refractivity contribution in [2.24, 2.45) is 5.73 Å². The van der Waals surface area contributed by atoms with Crippen LogP contribution in [0, 0.1) is 0 Å². The van der Waals surface area contributed by atoms with Crippen LogP contribution in [0.3, 0.4) is 0 Å². The Morgan fingerprint density at radius 3 is 2.05 bits per heavy atom. The number of hydrogen-bond acceptors (Lipinski definition) is 4. The monoisotopic (exact) mass is 267 g/mol. The molecule has 1 aromatic carbocycles. The molecule has 0 saturated carbocycles. The first-order valence-electron chi connectivity index (χ1n) is 6.46. The number of rotatable bonds is 7. The van der Waals surface area contributed by atoms with Crippen molar-refractivity contribution in [3.8, 4) is 11.5 Å². The zero-order chi connectivity index (χ0) is 14.5. The Kier molecular flexibility index (Phi) is 5.63. The van der Waals surface area contributed by atoms with Gasteiger partial charge in [0.15, 0.2) is 0 Å². The van der Waals surface area contributed by atoms with E-state index in [2.05, 4.69) is 13.8 Å². The van der Waals surface area contributed by atoms with Gasteiger partial charge in [0.2, 0.25) is 0 Å². The maximum absolute atomic E-state index is 6.29. The molecule has 0 aromatic heterocycles. The predicted octanol–water partition coefficient (Wildman–Crippen LogP) is 2.91. The van der Waals surface area contributed by atoms with Gasteiger partial charge in [0.1, 0.15) is 11.5 Å². The molecule has 0 aliphatic heterocycles. The van der Waals surface area contributed by atoms with E-state index in [1.165, 1.54) is 0 Å². The zero-order valence-corrected chi connectivity index (χ0v) is 12.5. The van der Waals surface area contributed by atoms with Gasteiger partial charge in [-0.05, 0) is 38.8 Å². The Morgan fingerprint density at radius 2 is 1.63 bits per heavy atom. The summed E-state index contributed by atoms with van der Waals surface area (Å²) in [5.74, 6) is 1.53. The largest absolute Gasteiger partial charge is 0.496 e. The molecule has 1 aromatic rings. The molecular weight excluding hydrogens is 242 g/mol. The fourth-order valence-corrected chi connectivity index (χ4v) is 1.99. The fourth-order valence-electron chi connectivity index (χ4n) is 1.99. The first-order valence-corrected chi connectivity index (χ1v) is 6.46. The Balaban J connectivity index is 2.89. The van der Waals surface area contributed by atoms with Crippen LogP contribution < -0.4 is 15.2 Å². The quantitative estimate of drug-likeness (QED) is 0.825. The van der Waals surface area contributed by atoms with E-state index in [1.54, 1.807) is 21.3 Å². The average molecular weight is 267 g/mol. The first kappa shape index (κ1) is 15.8. The molecule has 0 heterocycles. The van der Waals surface area contributed by atoms with Gasteiger partial charge in [0.05, 0.1) is 25.4 Å². The lowest BCUT2D eigenvalue weighted by molar-refractivity contribution is 0.0124. The molecule has 4 heteroatoms. The Hall–Kier alpha value is -1.26. The van der Waals surface area contributed by atoms with Crippen LogP contribution >= 0.6 is 0 Å². The Morgan fingerprint density at radius 1 is 1.11 bits per heavy atom. The molecule has 1 atom stereocenters. The molecular formula is C15H25NO3. The van der Waals surface area contributed by atoms with E-state index in [4.69, 9.17) is 19.9 Å².